The fraction of sp³-hybridized carbons (Fsp3) is 0.217. The van der Waals surface area contributed by atoms with E-state index in [1.807, 2.05) is 37.1 Å². The normalized spacial score (nSPS) is 26.3. The number of nitrogens with zero attached hydrogens (tertiary/aromatic N) is 3. The predicted octanol–water partition coefficient (Wildman–Crippen LogP) is 5.06. The molecule has 5 nitrogen and oxygen atoms in total. The third-order valence-electron chi connectivity index (χ3n) is 5.75. The molecular formula is C23H21ClFN4O+. The topological polar surface area (TPSA) is 46.0 Å². The molecule has 30 heavy (non-hydrogen) atoms. The van der Waals surface area contributed by atoms with E-state index in [0.29, 0.717) is 27.1 Å². The van der Waals surface area contributed by atoms with Gasteiger partial charge < -0.3 is 4.74 Å². The Morgan fingerprint density at radius 2 is 2.07 bits per heavy atom. The SMILES string of the molecule is Fc1cc(Cl)ccc1COc1cccc(C2CC(N[N+]34C=CN=CC3=CN=C4)C2)c1. The van der Waals surface area contributed by atoms with Gasteiger partial charge in [0.15, 0.2) is 5.70 Å². The van der Waals surface area contributed by atoms with Gasteiger partial charge in [-0.1, -0.05) is 29.8 Å². The Bertz CT molecular complexity index is 1090. The highest BCUT2D eigenvalue weighted by atomic mass is 35.5. The van der Waals surface area contributed by atoms with E-state index in [0.717, 1.165) is 24.3 Å². The van der Waals surface area contributed by atoms with Crippen molar-refractivity contribution in [2.45, 2.75) is 31.4 Å². The van der Waals surface area contributed by atoms with Gasteiger partial charge in [-0.25, -0.2) is 9.38 Å². The molecule has 2 heterocycles. The van der Waals surface area contributed by atoms with E-state index in [-0.39, 0.29) is 12.4 Å². The molecule has 2 aliphatic heterocycles. The van der Waals surface area contributed by atoms with Crippen LogP contribution in [0.3, 0.4) is 0 Å². The zero-order chi connectivity index (χ0) is 20.6. The number of rotatable bonds is 6. The molecule has 0 radical (unpaired) electrons. The molecule has 1 N–H and O–H groups in total. The molecule has 1 atom stereocenters. The van der Waals surface area contributed by atoms with Crippen molar-refractivity contribution in [2.75, 3.05) is 0 Å². The monoisotopic (exact) mass is 423 g/mol. The van der Waals surface area contributed by atoms with E-state index in [2.05, 4.69) is 27.5 Å². The fourth-order valence-corrected chi connectivity index (χ4v) is 4.16. The Balaban J connectivity index is 1.19. The summed E-state index contributed by atoms with van der Waals surface area (Å²) in [5.41, 5.74) is 6.41. The van der Waals surface area contributed by atoms with Crippen LogP contribution in [0, 0.1) is 5.82 Å². The molecule has 0 amide bonds. The molecule has 0 aromatic heterocycles. The Morgan fingerprint density at radius 3 is 2.93 bits per heavy atom. The van der Waals surface area contributed by atoms with Crippen molar-refractivity contribution in [1.82, 2.24) is 5.43 Å². The maximum atomic E-state index is 14.0. The number of nitrogens with one attached hydrogen (secondary N) is 1. The van der Waals surface area contributed by atoms with Crippen molar-refractivity contribution in [3.8, 4) is 5.75 Å². The van der Waals surface area contributed by atoms with Crippen molar-refractivity contribution >= 4 is 24.2 Å². The van der Waals surface area contributed by atoms with Gasteiger partial charge in [-0.3, -0.25) is 4.99 Å². The second-order valence-corrected chi connectivity index (χ2v) is 8.20. The molecule has 2 aromatic carbocycles. The first-order valence-corrected chi connectivity index (χ1v) is 10.3. The van der Waals surface area contributed by atoms with Crippen LogP contribution in [0.15, 0.2) is 76.7 Å². The minimum Gasteiger partial charge on any atom is -0.489 e. The zero-order valence-electron chi connectivity index (χ0n) is 16.2. The predicted molar refractivity (Wildman–Crippen MR) is 116 cm³/mol. The molecule has 7 heteroatoms. The van der Waals surface area contributed by atoms with Gasteiger partial charge in [0.1, 0.15) is 24.4 Å². The van der Waals surface area contributed by atoms with Crippen molar-refractivity contribution in [3.63, 3.8) is 0 Å². The molecule has 1 fully saturated rings. The highest BCUT2D eigenvalue weighted by Gasteiger charge is 2.41. The van der Waals surface area contributed by atoms with Gasteiger partial charge >= 0.3 is 0 Å². The largest absolute Gasteiger partial charge is 0.489 e. The summed E-state index contributed by atoms with van der Waals surface area (Å²) < 4.78 is 20.2. The number of ether oxygens (including phenoxy) is 1. The lowest BCUT2D eigenvalue weighted by atomic mass is 9.76. The smallest absolute Gasteiger partial charge is 0.219 e. The summed E-state index contributed by atoms with van der Waals surface area (Å²) in [5.74, 6) is 0.855. The van der Waals surface area contributed by atoms with Gasteiger partial charge in [-0.15, -0.1) is 10.0 Å². The second kappa shape index (κ2) is 7.80. The maximum Gasteiger partial charge on any atom is 0.219 e. The van der Waals surface area contributed by atoms with Crippen LogP contribution < -0.4 is 10.2 Å². The lowest BCUT2D eigenvalue weighted by Gasteiger charge is -2.40. The van der Waals surface area contributed by atoms with Gasteiger partial charge in [0.05, 0.1) is 24.7 Å². The van der Waals surface area contributed by atoms with Gasteiger partial charge in [0.2, 0.25) is 6.34 Å². The lowest BCUT2D eigenvalue weighted by Crippen LogP contribution is -2.58. The Labute approximate surface area is 179 Å². The molecule has 3 aliphatic rings. The minimum absolute atomic E-state index is 0.170. The third kappa shape index (κ3) is 3.69. The summed E-state index contributed by atoms with van der Waals surface area (Å²) in [6.45, 7) is 0.170. The molecule has 1 aliphatic carbocycles. The zero-order valence-corrected chi connectivity index (χ0v) is 17.0. The second-order valence-electron chi connectivity index (χ2n) is 7.76. The van der Waals surface area contributed by atoms with Crippen molar-refractivity contribution in [1.29, 1.82) is 0 Å². The molecule has 1 saturated carbocycles. The first-order chi connectivity index (χ1) is 14.6. The van der Waals surface area contributed by atoms with Crippen LogP contribution in [0.2, 0.25) is 5.02 Å². The summed E-state index contributed by atoms with van der Waals surface area (Å²) >= 11 is 5.81. The van der Waals surface area contributed by atoms with Crippen LogP contribution in [-0.4, -0.2) is 23.2 Å². The first-order valence-electron chi connectivity index (χ1n) is 9.90. The van der Waals surface area contributed by atoms with Gasteiger partial charge in [-0.2, -0.15) is 0 Å². The van der Waals surface area contributed by atoms with Crippen molar-refractivity contribution < 1.29 is 13.7 Å². The van der Waals surface area contributed by atoms with Gasteiger partial charge in [-0.05, 0) is 48.6 Å². The minimum atomic E-state index is -0.352. The summed E-state index contributed by atoms with van der Waals surface area (Å²) in [7, 11) is 0. The molecule has 0 saturated heterocycles. The maximum absolute atomic E-state index is 14.0. The Kier molecular flexibility index (Phi) is 4.98. The highest BCUT2D eigenvalue weighted by Crippen LogP contribution is 2.39. The van der Waals surface area contributed by atoms with Crippen molar-refractivity contribution in [3.05, 3.63) is 88.7 Å². The number of benzene rings is 2. The number of fused-ring (bicyclic) bond motifs is 1. The number of allylic oxidation sites excluding steroid dienone is 1. The van der Waals surface area contributed by atoms with E-state index in [9.17, 15) is 4.39 Å². The van der Waals surface area contributed by atoms with Crippen LogP contribution in [0.25, 0.3) is 0 Å². The Morgan fingerprint density at radius 1 is 1.17 bits per heavy atom. The third-order valence-corrected chi connectivity index (χ3v) is 5.99. The molecule has 0 spiro atoms. The van der Waals surface area contributed by atoms with E-state index < -0.39 is 0 Å². The summed E-state index contributed by atoms with van der Waals surface area (Å²) in [6.07, 6.45) is 11.4. The average Bonchev–Trinajstić information content (AvgIpc) is 3.14. The van der Waals surface area contributed by atoms with Crippen LogP contribution in [0.4, 0.5) is 4.39 Å². The number of hydrogen-bond acceptors (Lipinski definition) is 4. The van der Waals surface area contributed by atoms with Gasteiger partial charge in [0.25, 0.3) is 0 Å². The average molecular weight is 424 g/mol. The lowest BCUT2D eigenvalue weighted by molar-refractivity contribution is -0.788. The number of quaternary nitrogens is 1. The standard InChI is InChI=1S/C23H21ClFN4O/c24-19-5-4-17(23(25)11-19)14-30-22-3-1-2-16(10-22)18-8-20(9-18)28-29-7-6-26-12-21(29)13-27-15-29/h1-7,10-13,15,18,20,28H,8-9,14H2/q+1. The van der Waals surface area contributed by atoms with E-state index >= 15 is 0 Å². The highest BCUT2D eigenvalue weighted by molar-refractivity contribution is 6.30. The molecule has 5 rings (SSSR count). The van der Waals surface area contributed by atoms with Crippen LogP contribution in [0.5, 0.6) is 5.75 Å². The quantitative estimate of drug-likeness (QED) is 0.660. The van der Waals surface area contributed by atoms with Crippen LogP contribution in [-0.2, 0) is 6.61 Å². The number of aliphatic imine (C=N–C) groups is 2. The van der Waals surface area contributed by atoms with E-state index in [1.165, 1.54) is 11.6 Å². The summed E-state index contributed by atoms with van der Waals surface area (Å²) in [6, 6.07) is 13.1. The fourth-order valence-electron chi connectivity index (χ4n) is 4.00. The molecule has 0 bridgehead atoms. The number of hydrogen-bond donors (Lipinski definition) is 1. The summed E-state index contributed by atoms with van der Waals surface area (Å²) in [5, 5.41) is 0.382. The molecule has 1 unspecified atom stereocenters. The van der Waals surface area contributed by atoms with Crippen LogP contribution in [0.1, 0.15) is 29.9 Å². The van der Waals surface area contributed by atoms with E-state index in [4.69, 9.17) is 16.3 Å². The molecular weight excluding hydrogens is 403 g/mol. The first kappa shape index (κ1) is 19.2. The molecule has 2 aromatic rings. The Hall–Kier alpha value is -2.80. The van der Waals surface area contributed by atoms with Gasteiger partial charge in [0, 0.05) is 10.6 Å². The summed E-state index contributed by atoms with van der Waals surface area (Å²) in [4.78, 5) is 8.47. The van der Waals surface area contributed by atoms with E-state index in [1.54, 1.807) is 18.3 Å². The molecule has 152 valence electrons. The number of halogens is 2. The van der Waals surface area contributed by atoms with Crippen LogP contribution >= 0.6 is 11.6 Å². The van der Waals surface area contributed by atoms with Crippen molar-refractivity contribution in [2.24, 2.45) is 9.98 Å².